The molecule has 0 atom stereocenters. The molecule has 0 amide bonds. The van der Waals surface area contributed by atoms with Crippen molar-refractivity contribution in [1.29, 1.82) is 0 Å². The second-order valence-corrected chi connectivity index (χ2v) is 4.29. The van der Waals surface area contributed by atoms with E-state index in [1.165, 1.54) is 0 Å². The van der Waals surface area contributed by atoms with Crippen LogP contribution in [0.2, 0.25) is 0 Å². The minimum atomic E-state index is -0.465. The van der Waals surface area contributed by atoms with Gasteiger partial charge in [-0.1, -0.05) is 13.5 Å². The van der Waals surface area contributed by atoms with Crippen molar-refractivity contribution in [3.8, 4) is 0 Å². The summed E-state index contributed by atoms with van der Waals surface area (Å²) in [5.74, 6) is 1.14. The van der Waals surface area contributed by atoms with Gasteiger partial charge in [-0.2, -0.15) is 11.8 Å². The zero-order chi connectivity index (χ0) is 12.2. The van der Waals surface area contributed by atoms with Crippen molar-refractivity contribution in [3.05, 3.63) is 12.7 Å². The van der Waals surface area contributed by atoms with Crippen LogP contribution in [0.15, 0.2) is 12.7 Å². The highest BCUT2D eigenvalue weighted by Gasteiger charge is 2.03. The largest absolute Gasteiger partial charge is 0.465 e. The molecule has 0 aliphatic rings. The summed E-state index contributed by atoms with van der Waals surface area (Å²) < 4.78 is 9.67. The molecule has 4 nitrogen and oxygen atoms in total. The highest BCUT2D eigenvalue weighted by atomic mass is 32.2. The fraction of sp³-hybridized carbons (Fsp3) is 0.636. The summed E-state index contributed by atoms with van der Waals surface area (Å²) in [4.78, 5) is 21.8. The van der Waals surface area contributed by atoms with Gasteiger partial charge in [0.2, 0.25) is 0 Å². The van der Waals surface area contributed by atoms with Gasteiger partial charge in [-0.15, -0.1) is 0 Å². The number of ether oxygens (including phenoxy) is 2. The average Bonchev–Trinajstić information content (AvgIpc) is 2.30. The molecular formula is C11H18O4S. The minimum Gasteiger partial charge on any atom is -0.465 e. The lowest BCUT2D eigenvalue weighted by Gasteiger charge is -2.04. The Hall–Kier alpha value is -0.970. The van der Waals surface area contributed by atoms with E-state index in [1.807, 2.05) is 0 Å². The Bertz CT molecular complexity index is 228. The highest BCUT2D eigenvalue weighted by Crippen LogP contribution is 1.99. The Balaban J connectivity index is 3.30. The second-order valence-electron chi connectivity index (χ2n) is 2.89. The molecule has 0 aromatic heterocycles. The van der Waals surface area contributed by atoms with Gasteiger partial charge in [0.1, 0.15) is 6.61 Å². The van der Waals surface area contributed by atoms with Crippen molar-refractivity contribution in [1.82, 2.24) is 0 Å². The average molecular weight is 246 g/mol. The number of thioether (sulfide) groups is 1. The number of rotatable bonds is 9. The van der Waals surface area contributed by atoms with Gasteiger partial charge in [0, 0.05) is 18.2 Å². The molecule has 0 radical (unpaired) electrons. The topological polar surface area (TPSA) is 52.6 Å². The molecule has 0 rings (SSSR count). The SMILES string of the molecule is C=CC(=O)OCCCC(=O)OCCSCC. The Morgan fingerprint density at radius 2 is 2.06 bits per heavy atom. The van der Waals surface area contributed by atoms with E-state index in [1.54, 1.807) is 11.8 Å². The first-order chi connectivity index (χ1) is 7.70. The Labute approximate surface area is 100 Å². The number of carbonyl (C=O) groups excluding carboxylic acids is 2. The van der Waals surface area contributed by atoms with Gasteiger partial charge in [0.05, 0.1) is 6.61 Å². The van der Waals surface area contributed by atoms with Crippen LogP contribution in [0.4, 0.5) is 0 Å². The van der Waals surface area contributed by atoms with Crippen LogP contribution in [0.5, 0.6) is 0 Å². The van der Waals surface area contributed by atoms with E-state index in [-0.39, 0.29) is 19.0 Å². The summed E-state index contributed by atoms with van der Waals surface area (Å²) in [6.07, 6.45) is 1.86. The van der Waals surface area contributed by atoms with Crippen molar-refractivity contribution < 1.29 is 19.1 Å². The van der Waals surface area contributed by atoms with Crippen LogP contribution in [-0.4, -0.2) is 36.7 Å². The van der Waals surface area contributed by atoms with Crippen LogP contribution in [0.25, 0.3) is 0 Å². The maximum absolute atomic E-state index is 11.1. The number of hydrogen-bond donors (Lipinski definition) is 0. The molecule has 0 heterocycles. The third-order valence-electron chi connectivity index (χ3n) is 1.63. The van der Waals surface area contributed by atoms with Crippen LogP contribution in [-0.2, 0) is 19.1 Å². The number of carbonyl (C=O) groups is 2. The van der Waals surface area contributed by atoms with Gasteiger partial charge in [0.15, 0.2) is 0 Å². The maximum Gasteiger partial charge on any atom is 0.330 e. The van der Waals surface area contributed by atoms with Crippen LogP contribution in [0, 0.1) is 0 Å². The van der Waals surface area contributed by atoms with E-state index in [0.717, 1.165) is 17.6 Å². The zero-order valence-electron chi connectivity index (χ0n) is 9.57. The van der Waals surface area contributed by atoms with Gasteiger partial charge in [-0.05, 0) is 12.2 Å². The predicted octanol–water partition coefficient (Wildman–Crippen LogP) is 1.79. The molecular weight excluding hydrogens is 228 g/mol. The van der Waals surface area contributed by atoms with E-state index in [2.05, 4.69) is 13.5 Å². The van der Waals surface area contributed by atoms with Crippen molar-refractivity contribution in [2.75, 3.05) is 24.7 Å². The first-order valence-electron chi connectivity index (χ1n) is 5.23. The fourth-order valence-corrected chi connectivity index (χ4v) is 1.37. The van der Waals surface area contributed by atoms with Crippen molar-refractivity contribution in [2.45, 2.75) is 19.8 Å². The van der Waals surface area contributed by atoms with Gasteiger partial charge < -0.3 is 9.47 Å². The normalized spacial score (nSPS) is 9.56. The summed E-state index contributed by atoms with van der Waals surface area (Å²) in [7, 11) is 0. The quantitative estimate of drug-likeness (QED) is 0.353. The highest BCUT2D eigenvalue weighted by molar-refractivity contribution is 7.99. The molecule has 0 aromatic carbocycles. The summed E-state index contributed by atoms with van der Waals surface area (Å²) in [6, 6.07) is 0. The fourth-order valence-electron chi connectivity index (χ4n) is 0.879. The molecule has 0 bridgehead atoms. The first kappa shape index (κ1) is 15.0. The van der Waals surface area contributed by atoms with Crippen molar-refractivity contribution in [3.63, 3.8) is 0 Å². The Morgan fingerprint density at radius 1 is 1.31 bits per heavy atom. The summed E-state index contributed by atoms with van der Waals surface area (Å²) in [6.45, 7) is 5.99. The van der Waals surface area contributed by atoms with E-state index < -0.39 is 5.97 Å². The van der Waals surface area contributed by atoms with Crippen LogP contribution < -0.4 is 0 Å². The standard InChI is InChI=1S/C11H18O4S/c1-3-10(12)14-7-5-6-11(13)15-8-9-16-4-2/h3H,1,4-9H2,2H3. The smallest absolute Gasteiger partial charge is 0.330 e. The van der Waals surface area contributed by atoms with Crippen LogP contribution >= 0.6 is 11.8 Å². The molecule has 0 fully saturated rings. The molecule has 0 unspecified atom stereocenters. The zero-order valence-corrected chi connectivity index (χ0v) is 10.4. The molecule has 5 heteroatoms. The lowest BCUT2D eigenvalue weighted by Crippen LogP contribution is -2.09. The lowest BCUT2D eigenvalue weighted by molar-refractivity contribution is -0.145. The van der Waals surface area contributed by atoms with Crippen molar-refractivity contribution in [2.24, 2.45) is 0 Å². The molecule has 0 aliphatic carbocycles. The summed E-state index contributed by atoms with van der Waals surface area (Å²) >= 11 is 1.73. The molecule has 0 N–H and O–H groups in total. The van der Waals surface area contributed by atoms with Gasteiger partial charge >= 0.3 is 11.9 Å². The number of hydrogen-bond acceptors (Lipinski definition) is 5. The molecule has 16 heavy (non-hydrogen) atoms. The summed E-state index contributed by atoms with van der Waals surface area (Å²) in [5, 5.41) is 0. The van der Waals surface area contributed by atoms with E-state index >= 15 is 0 Å². The maximum atomic E-state index is 11.1. The monoisotopic (exact) mass is 246 g/mol. The molecule has 0 aliphatic heterocycles. The van der Waals surface area contributed by atoms with E-state index in [4.69, 9.17) is 9.47 Å². The van der Waals surface area contributed by atoms with Crippen LogP contribution in [0.1, 0.15) is 19.8 Å². The lowest BCUT2D eigenvalue weighted by atomic mass is 10.3. The summed E-state index contributed by atoms with van der Waals surface area (Å²) in [5.41, 5.74) is 0. The third kappa shape index (κ3) is 9.58. The Morgan fingerprint density at radius 3 is 2.69 bits per heavy atom. The molecule has 0 saturated heterocycles. The van der Waals surface area contributed by atoms with Gasteiger partial charge in [0.25, 0.3) is 0 Å². The third-order valence-corrected chi connectivity index (χ3v) is 2.49. The molecule has 0 aromatic rings. The minimum absolute atomic E-state index is 0.226. The molecule has 92 valence electrons. The van der Waals surface area contributed by atoms with E-state index in [0.29, 0.717) is 13.0 Å². The van der Waals surface area contributed by atoms with Crippen molar-refractivity contribution >= 4 is 23.7 Å². The Kier molecular flexibility index (Phi) is 9.91. The predicted molar refractivity (Wildman–Crippen MR) is 64.3 cm³/mol. The first-order valence-corrected chi connectivity index (χ1v) is 6.38. The molecule has 0 saturated carbocycles. The van der Waals surface area contributed by atoms with Gasteiger partial charge in [-0.25, -0.2) is 4.79 Å². The van der Waals surface area contributed by atoms with Crippen LogP contribution in [0.3, 0.4) is 0 Å². The molecule has 0 spiro atoms. The second kappa shape index (κ2) is 10.5. The van der Waals surface area contributed by atoms with Gasteiger partial charge in [-0.3, -0.25) is 4.79 Å². The number of esters is 2. The van der Waals surface area contributed by atoms with E-state index in [9.17, 15) is 9.59 Å².